The van der Waals surface area contributed by atoms with E-state index >= 15 is 0 Å². The van der Waals surface area contributed by atoms with Gasteiger partial charge in [0.1, 0.15) is 11.3 Å². The number of hydrogen-bond donors (Lipinski definition) is 2. The average molecular weight is 472 g/mol. The number of benzene rings is 2. The Morgan fingerprint density at radius 2 is 1.93 bits per heavy atom. The third kappa shape index (κ3) is 3.30. The number of nitrogens with zero attached hydrogens (tertiary/aromatic N) is 1. The Hall–Kier alpha value is -2.69. The minimum atomic E-state index is -1.43. The van der Waals surface area contributed by atoms with Gasteiger partial charge in [0, 0.05) is 16.6 Å². The van der Waals surface area contributed by atoms with E-state index < -0.39 is 23.9 Å². The Kier molecular flexibility index (Phi) is 5.39. The van der Waals surface area contributed by atoms with Crippen LogP contribution in [0.2, 0.25) is 0 Å². The lowest BCUT2D eigenvalue weighted by molar-refractivity contribution is -0.118. The minimum absolute atomic E-state index is 0.0283. The predicted octanol–water partition coefficient (Wildman–Crippen LogP) is 1.65. The Bertz CT molecular complexity index is 1030. The summed E-state index contributed by atoms with van der Waals surface area (Å²) in [6, 6.07) is 12.3. The highest BCUT2D eigenvalue weighted by Gasteiger charge is 2.59. The second-order valence-corrected chi connectivity index (χ2v) is 8.08. The molecule has 2 heterocycles. The topological polar surface area (TPSA) is 111 Å². The Morgan fingerprint density at radius 1 is 1.20 bits per heavy atom. The highest BCUT2D eigenvalue weighted by atomic mass is 79.9. The maximum Gasteiger partial charge on any atom is 0.474 e. The van der Waals surface area contributed by atoms with Crippen molar-refractivity contribution in [3.8, 4) is 5.75 Å². The smallest absolute Gasteiger partial charge is 0.474 e. The number of nitrogens with two attached hydrogens (primary N) is 1. The van der Waals surface area contributed by atoms with Crippen LogP contribution in [0.5, 0.6) is 5.75 Å². The van der Waals surface area contributed by atoms with Gasteiger partial charge in [-0.3, -0.25) is 9.59 Å². The molecule has 10 heteroatoms. The molecular formula is C20H19BBrN3O5. The van der Waals surface area contributed by atoms with E-state index in [1.54, 1.807) is 54.5 Å². The molecule has 2 amide bonds. The molecule has 4 rings (SSSR count). The lowest BCUT2D eigenvalue weighted by atomic mass is 9.60. The van der Waals surface area contributed by atoms with Crippen LogP contribution in [0.4, 0.5) is 4.79 Å². The molecule has 8 nitrogen and oxygen atoms in total. The van der Waals surface area contributed by atoms with Crippen molar-refractivity contribution < 1.29 is 23.8 Å². The molecule has 1 fully saturated rings. The van der Waals surface area contributed by atoms with Gasteiger partial charge in [-0.05, 0) is 41.5 Å². The molecular weight excluding hydrogens is 453 g/mol. The molecule has 0 aliphatic carbocycles. The fraction of sp³-hybridized carbons (Fsp3) is 0.250. The largest absolute Gasteiger partial charge is 0.497 e. The van der Waals surface area contributed by atoms with Crippen LogP contribution in [0.15, 0.2) is 46.9 Å². The second-order valence-electron chi connectivity index (χ2n) is 7.16. The Balaban J connectivity index is 1.71. The molecule has 1 saturated heterocycles. The third-order valence-corrected chi connectivity index (χ3v) is 5.98. The molecule has 2 aromatic rings. The summed E-state index contributed by atoms with van der Waals surface area (Å²) in [6.45, 7) is -1.32. The van der Waals surface area contributed by atoms with Gasteiger partial charge < -0.3 is 30.1 Å². The zero-order valence-electron chi connectivity index (χ0n) is 16.2. The predicted molar refractivity (Wildman–Crippen MR) is 113 cm³/mol. The number of carbonyl (C=O) groups is 3. The zero-order chi connectivity index (χ0) is 21.5. The maximum atomic E-state index is 13.3. The van der Waals surface area contributed by atoms with E-state index in [0.717, 1.165) is 10.0 Å². The van der Waals surface area contributed by atoms with Crippen LogP contribution in [0.3, 0.4) is 0 Å². The number of amides is 2. The summed E-state index contributed by atoms with van der Waals surface area (Å²) in [5.41, 5.74) is 5.43. The summed E-state index contributed by atoms with van der Waals surface area (Å²) in [7, 11) is 1.56. The molecule has 3 N–H and O–H groups in total. The number of rotatable bonds is 6. The molecule has 0 saturated carbocycles. The molecule has 0 aromatic heterocycles. The maximum absolute atomic E-state index is 13.3. The van der Waals surface area contributed by atoms with Crippen molar-refractivity contribution in [2.24, 2.45) is 5.73 Å². The number of fused-ring (bicyclic) bond motifs is 1. The first kappa shape index (κ1) is 20.6. The van der Waals surface area contributed by atoms with E-state index in [1.165, 1.54) is 0 Å². The number of halogens is 1. The van der Waals surface area contributed by atoms with E-state index in [9.17, 15) is 14.4 Å². The summed E-state index contributed by atoms with van der Waals surface area (Å²) >= 11 is 3.38. The van der Waals surface area contributed by atoms with Crippen molar-refractivity contribution in [3.63, 3.8) is 0 Å². The molecule has 2 aliphatic heterocycles. The van der Waals surface area contributed by atoms with Crippen molar-refractivity contribution >= 4 is 40.2 Å². The number of methoxy groups -OCH3 is 1. The normalized spacial score (nSPS) is 20.6. The van der Waals surface area contributed by atoms with Crippen molar-refractivity contribution in [1.82, 2.24) is 10.2 Å². The highest BCUT2D eigenvalue weighted by molar-refractivity contribution is 9.10. The van der Waals surface area contributed by atoms with Crippen molar-refractivity contribution in [1.29, 1.82) is 0 Å². The summed E-state index contributed by atoms with van der Waals surface area (Å²) in [4.78, 5) is 40.5. The highest BCUT2D eigenvalue weighted by Crippen LogP contribution is 2.34. The van der Waals surface area contributed by atoms with Crippen LogP contribution in [-0.4, -0.2) is 49.6 Å². The van der Waals surface area contributed by atoms with Gasteiger partial charge in [0.15, 0.2) is 5.68 Å². The fourth-order valence-corrected chi connectivity index (χ4v) is 4.25. The summed E-state index contributed by atoms with van der Waals surface area (Å²) in [5.74, 6) is -0.138. The monoisotopic (exact) mass is 471 g/mol. The van der Waals surface area contributed by atoms with Crippen LogP contribution in [0.1, 0.15) is 21.5 Å². The SMILES string of the molecule is COc1ccc2c(c1)CN(CC1(c3ccc(Br)cc3)NC(=O)B(OCN)C1=O)C2=O. The second kappa shape index (κ2) is 7.86. The summed E-state index contributed by atoms with van der Waals surface area (Å²) < 4.78 is 11.3. The van der Waals surface area contributed by atoms with Gasteiger partial charge in [0.25, 0.3) is 5.91 Å². The summed E-state index contributed by atoms with van der Waals surface area (Å²) in [5, 5.41) is 2.78. The van der Waals surface area contributed by atoms with Crippen LogP contribution in [0.25, 0.3) is 0 Å². The van der Waals surface area contributed by atoms with Gasteiger partial charge in [-0.25, -0.2) is 0 Å². The van der Waals surface area contributed by atoms with Crippen LogP contribution in [-0.2, 0) is 21.5 Å². The minimum Gasteiger partial charge on any atom is -0.497 e. The van der Waals surface area contributed by atoms with E-state index in [0.29, 0.717) is 23.4 Å². The molecule has 154 valence electrons. The van der Waals surface area contributed by atoms with Gasteiger partial charge >= 0.3 is 6.92 Å². The number of carbonyl (C=O) groups excluding carboxylic acids is 3. The molecule has 2 aliphatic rings. The molecule has 0 bridgehead atoms. The molecule has 1 unspecified atom stereocenters. The first-order chi connectivity index (χ1) is 14.4. The van der Waals surface area contributed by atoms with Crippen LogP contribution >= 0.6 is 15.9 Å². The van der Waals surface area contributed by atoms with E-state index in [1.807, 2.05) is 0 Å². The first-order valence-corrected chi connectivity index (χ1v) is 10.1. The van der Waals surface area contributed by atoms with Crippen LogP contribution in [0, 0.1) is 0 Å². The lowest BCUT2D eigenvalue weighted by Crippen LogP contribution is -2.53. The van der Waals surface area contributed by atoms with Crippen molar-refractivity contribution in [3.05, 3.63) is 63.6 Å². The zero-order valence-corrected chi connectivity index (χ0v) is 17.8. The number of ether oxygens (including phenoxy) is 1. The van der Waals surface area contributed by atoms with Gasteiger partial charge in [0.2, 0.25) is 5.81 Å². The molecule has 0 spiro atoms. The van der Waals surface area contributed by atoms with Gasteiger partial charge in [-0.15, -0.1) is 0 Å². The van der Waals surface area contributed by atoms with E-state index in [2.05, 4.69) is 21.2 Å². The molecule has 2 aromatic carbocycles. The lowest BCUT2D eigenvalue weighted by Gasteiger charge is -2.33. The van der Waals surface area contributed by atoms with Gasteiger partial charge in [-0.1, -0.05) is 28.1 Å². The van der Waals surface area contributed by atoms with Crippen molar-refractivity contribution in [2.75, 3.05) is 20.4 Å². The molecule has 1 atom stereocenters. The van der Waals surface area contributed by atoms with Crippen molar-refractivity contribution in [2.45, 2.75) is 12.1 Å². The number of hydrogen-bond acceptors (Lipinski definition) is 6. The first-order valence-electron chi connectivity index (χ1n) is 9.30. The third-order valence-electron chi connectivity index (χ3n) is 5.45. The molecule has 0 radical (unpaired) electrons. The van der Waals surface area contributed by atoms with Gasteiger partial charge in [-0.2, -0.15) is 0 Å². The fourth-order valence-electron chi connectivity index (χ4n) is 3.98. The average Bonchev–Trinajstić information content (AvgIpc) is 3.17. The van der Waals surface area contributed by atoms with Crippen LogP contribution < -0.4 is 15.8 Å². The quantitative estimate of drug-likeness (QED) is 0.489. The number of nitrogens with one attached hydrogen (secondary N) is 1. The summed E-state index contributed by atoms with van der Waals surface area (Å²) in [6.07, 6.45) is 0. The molecule has 30 heavy (non-hydrogen) atoms. The Labute approximate surface area is 181 Å². The van der Waals surface area contributed by atoms with E-state index in [-0.39, 0.29) is 19.2 Å². The van der Waals surface area contributed by atoms with Gasteiger partial charge in [0.05, 0.1) is 20.4 Å². The standard InChI is InChI=1S/C20H19BBrN3O5/c1-29-15-6-7-16-12(8-15)9-25(17(16)26)10-20(13-2-4-14(22)5-3-13)18(27)21(30-11-23)19(28)24-20/h2-8H,9-11,23H2,1H3,(H,24,28). The van der Waals surface area contributed by atoms with E-state index in [4.69, 9.17) is 15.1 Å². The Morgan fingerprint density at radius 3 is 2.60 bits per heavy atom.